The van der Waals surface area contributed by atoms with Crippen LogP contribution in [0.2, 0.25) is 0 Å². The molecule has 2 aliphatic rings. The van der Waals surface area contributed by atoms with Gasteiger partial charge in [-0.25, -0.2) is 9.97 Å². The Balaban J connectivity index is 1.51. The molecule has 0 spiro atoms. The SMILES string of the molecule is N=C(C1=C(N)CCCC1)c1cccc(-c2ccccc2-c2cccc(C(=N)C3=C(N)CCCC3)n2)n1. The third kappa shape index (κ3) is 4.71. The Morgan fingerprint density at radius 3 is 1.39 bits per heavy atom. The van der Waals surface area contributed by atoms with Crippen LogP contribution in [0.5, 0.6) is 0 Å². The van der Waals surface area contributed by atoms with Gasteiger partial charge < -0.3 is 11.5 Å². The van der Waals surface area contributed by atoms with Crippen LogP contribution in [0.3, 0.4) is 0 Å². The van der Waals surface area contributed by atoms with Crippen molar-refractivity contribution in [1.29, 1.82) is 10.8 Å². The predicted molar refractivity (Wildman–Crippen MR) is 146 cm³/mol. The summed E-state index contributed by atoms with van der Waals surface area (Å²) in [7, 11) is 0. The Kier molecular flexibility index (Phi) is 6.76. The summed E-state index contributed by atoms with van der Waals surface area (Å²) < 4.78 is 0. The number of benzene rings is 1. The summed E-state index contributed by atoms with van der Waals surface area (Å²) >= 11 is 0. The van der Waals surface area contributed by atoms with Crippen molar-refractivity contribution in [3.63, 3.8) is 0 Å². The van der Waals surface area contributed by atoms with E-state index in [9.17, 15) is 0 Å². The van der Waals surface area contributed by atoms with Gasteiger partial charge in [0.15, 0.2) is 0 Å². The van der Waals surface area contributed by atoms with Crippen molar-refractivity contribution in [2.45, 2.75) is 51.4 Å². The molecule has 0 fully saturated rings. The topological polar surface area (TPSA) is 126 Å². The first-order chi connectivity index (χ1) is 17.5. The number of pyridine rings is 2. The summed E-state index contributed by atoms with van der Waals surface area (Å²) in [6.07, 6.45) is 7.63. The molecule has 5 rings (SSSR count). The lowest BCUT2D eigenvalue weighted by atomic mass is 9.91. The van der Waals surface area contributed by atoms with Crippen LogP contribution in [-0.2, 0) is 0 Å². The van der Waals surface area contributed by atoms with E-state index in [2.05, 4.69) is 0 Å². The second-order valence-corrected chi connectivity index (χ2v) is 9.53. The Labute approximate surface area is 212 Å². The summed E-state index contributed by atoms with van der Waals surface area (Å²) in [4.78, 5) is 9.74. The quantitative estimate of drug-likeness (QED) is 0.320. The summed E-state index contributed by atoms with van der Waals surface area (Å²) in [5, 5.41) is 17.5. The van der Waals surface area contributed by atoms with Crippen molar-refractivity contribution in [1.82, 2.24) is 9.97 Å². The molecule has 2 heterocycles. The molecule has 0 atom stereocenters. The number of nitrogens with two attached hydrogens (primary N) is 2. The number of hydrogen-bond donors (Lipinski definition) is 4. The molecule has 1 aromatic carbocycles. The number of nitrogens with zero attached hydrogens (tertiary/aromatic N) is 2. The summed E-state index contributed by atoms with van der Waals surface area (Å²) in [5.74, 6) is 0. The van der Waals surface area contributed by atoms with Crippen molar-refractivity contribution in [2.24, 2.45) is 11.5 Å². The second kappa shape index (κ2) is 10.3. The summed E-state index contributed by atoms with van der Waals surface area (Å²) in [6.45, 7) is 0. The molecule has 0 bridgehead atoms. The molecule has 0 radical (unpaired) electrons. The molecule has 36 heavy (non-hydrogen) atoms. The predicted octanol–water partition coefficient (Wildman–Crippen LogP) is 6.12. The van der Waals surface area contributed by atoms with Gasteiger partial charge in [0, 0.05) is 22.5 Å². The Hall–Kier alpha value is -4.06. The smallest absolute Gasteiger partial charge is 0.0889 e. The molecule has 6 nitrogen and oxygen atoms in total. The Morgan fingerprint density at radius 1 is 0.556 bits per heavy atom. The molecule has 0 saturated heterocycles. The highest BCUT2D eigenvalue weighted by atomic mass is 14.8. The van der Waals surface area contributed by atoms with Crippen molar-refractivity contribution in [2.75, 3.05) is 0 Å². The lowest BCUT2D eigenvalue weighted by Crippen LogP contribution is -2.16. The highest BCUT2D eigenvalue weighted by molar-refractivity contribution is 6.10. The van der Waals surface area contributed by atoms with E-state index in [1.165, 1.54) is 0 Å². The van der Waals surface area contributed by atoms with Crippen LogP contribution in [0.25, 0.3) is 22.5 Å². The summed E-state index contributed by atoms with van der Waals surface area (Å²) in [5.41, 5.74) is 21.5. The van der Waals surface area contributed by atoms with Gasteiger partial charge in [-0.05, 0) is 86.8 Å². The van der Waals surface area contributed by atoms with Gasteiger partial charge in [0.25, 0.3) is 0 Å². The molecule has 2 aromatic heterocycles. The number of allylic oxidation sites excluding steroid dienone is 4. The van der Waals surface area contributed by atoms with Gasteiger partial charge in [-0.2, -0.15) is 0 Å². The molecule has 3 aromatic rings. The van der Waals surface area contributed by atoms with Gasteiger partial charge in [0.1, 0.15) is 0 Å². The molecule has 0 amide bonds. The molecule has 0 aliphatic heterocycles. The largest absolute Gasteiger partial charge is 0.402 e. The molecular formula is C30H32N6. The average molecular weight is 477 g/mol. The Bertz CT molecular complexity index is 1290. The number of nitrogens with one attached hydrogen (secondary N) is 2. The molecule has 182 valence electrons. The number of aromatic nitrogens is 2. The van der Waals surface area contributed by atoms with Gasteiger partial charge in [0.05, 0.1) is 34.2 Å². The van der Waals surface area contributed by atoms with E-state index in [1.54, 1.807) is 0 Å². The fraction of sp³-hybridized carbons (Fsp3) is 0.267. The van der Waals surface area contributed by atoms with Crippen LogP contribution in [-0.4, -0.2) is 21.4 Å². The lowest BCUT2D eigenvalue weighted by Gasteiger charge is -2.19. The fourth-order valence-corrected chi connectivity index (χ4v) is 5.12. The van der Waals surface area contributed by atoms with Crippen LogP contribution in [0.4, 0.5) is 0 Å². The minimum Gasteiger partial charge on any atom is -0.402 e. The Morgan fingerprint density at radius 2 is 0.972 bits per heavy atom. The lowest BCUT2D eigenvalue weighted by molar-refractivity contribution is 0.682. The zero-order chi connectivity index (χ0) is 25.1. The maximum atomic E-state index is 8.77. The van der Waals surface area contributed by atoms with E-state index < -0.39 is 0 Å². The van der Waals surface area contributed by atoms with Gasteiger partial charge >= 0.3 is 0 Å². The molecule has 0 unspecified atom stereocenters. The van der Waals surface area contributed by atoms with E-state index in [0.29, 0.717) is 22.8 Å². The maximum Gasteiger partial charge on any atom is 0.0889 e. The van der Waals surface area contributed by atoms with Crippen molar-refractivity contribution >= 4 is 11.4 Å². The van der Waals surface area contributed by atoms with Crippen molar-refractivity contribution < 1.29 is 0 Å². The number of hydrogen-bond acceptors (Lipinski definition) is 6. The molecular weight excluding hydrogens is 444 g/mol. The molecule has 6 N–H and O–H groups in total. The van der Waals surface area contributed by atoms with Gasteiger partial charge in [-0.1, -0.05) is 36.4 Å². The van der Waals surface area contributed by atoms with E-state index in [4.69, 9.17) is 32.3 Å². The molecule has 2 aliphatic carbocycles. The van der Waals surface area contributed by atoms with E-state index in [1.807, 2.05) is 60.7 Å². The van der Waals surface area contributed by atoms with Crippen molar-refractivity contribution in [3.8, 4) is 22.5 Å². The molecule has 0 saturated carbocycles. The highest BCUT2D eigenvalue weighted by Gasteiger charge is 2.20. The standard InChI is InChI=1S/C30H32N6/c31-23-13-5-3-11-21(23)29(33)27-17-7-15-25(35-27)19-9-1-2-10-20(19)26-16-8-18-28(36-26)30(34)22-12-4-6-14-24(22)32/h1-2,7-10,15-18,33-34H,3-6,11-14,31-32H2. The van der Waals surface area contributed by atoms with Crippen LogP contribution < -0.4 is 11.5 Å². The van der Waals surface area contributed by atoms with Gasteiger partial charge in [-0.15, -0.1) is 0 Å². The van der Waals surface area contributed by atoms with Crippen LogP contribution in [0.15, 0.2) is 83.2 Å². The zero-order valence-corrected chi connectivity index (χ0v) is 20.5. The third-order valence-electron chi connectivity index (χ3n) is 7.11. The van der Waals surface area contributed by atoms with Crippen LogP contribution >= 0.6 is 0 Å². The van der Waals surface area contributed by atoms with Gasteiger partial charge in [0.2, 0.25) is 0 Å². The van der Waals surface area contributed by atoms with E-state index in [-0.39, 0.29) is 0 Å². The minimum absolute atomic E-state index is 0.415. The normalized spacial score (nSPS) is 16.2. The van der Waals surface area contributed by atoms with Crippen molar-refractivity contribution in [3.05, 3.63) is 94.6 Å². The summed E-state index contributed by atoms with van der Waals surface area (Å²) in [6, 6.07) is 19.6. The zero-order valence-electron chi connectivity index (χ0n) is 20.5. The highest BCUT2D eigenvalue weighted by Crippen LogP contribution is 2.32. The monoisotopic (exact) mass is 476 g/mol. The maximum absolute atomic E-state index is 8.77. The minimum atomic E-state index is 0.415. The van der Waals surface area contributed by atoms with Crippen LogP contribution in [0.1, 0.15) is 62.8 Å². The third-order valence-corrected chi connectivity index (χ3v) is 7.11. The fourth-order valence-electron chi connectivity index (χ4n) is 5.12. The van der Waals surface area contributed by atoms with E-state index >= 15 is 0 Å². The first kappa shape index (κ1) is 23.7. The average Bonchev–Trinajstić information content (AvgIpc) is 2.93. The van der Waals surface area contributed by atoms with Gasteiger partial charge in [-0.3, -0.25) is 10.8 Å². The van der Waals surface area contributed by atoms with E-state index in [0.717, 1.165) is 96.4 Å². The first-order valence-corrected chi connectivity index (χ1v) is 12.7. The first-order valence-electron chi connectivity index (χ1n) is 12.7. The second-order valence-electron chi connectivity index (χ2n) is 9.53. The van der Waals surface area contributed by atoms with Crippen LogP contribution in [0, 0.1) is 10.8 Å². The number of rotatable bonds is 6. The molecule has 6 heteroatoms.